The maximum Gasteiger partial charge on any atom is 0.227 e. The summed E-state index contributed by atoms with van der Waals surface area (Å²) in [4.78, 5) is 16.9. The number of hydrogen-bond donors (Lipinski definition) is 1. The lowest BCUT2D eigenvalue weighted by Crippen LogP contribution is -2.58. The van der Waals surface area contributed by atoms with Crippen molar-refractivity contribution in [3.63, 3.8) is 0 Å². The molecule has 0 saturated carbocycles. The Labute approximate surface area is 104 Å². The second-order valence-corrected chi connectivity index (χ2v) is 5.65. The number of nitrogens with one attached hydrogen (secondary N) is 1. The van der Waals surface area contributed by atoms with Gasteiger partial charge in [-0.25, -0.2) is 0 Å². The molecule has 1 amide bonds. The zero-order valence-corrected chi connectivity index (χ0v) is 11.3. The first-order valence-electron chi connectivity index (χ1n) is 6.81. The van der Waals surface area contributed by atoms with Gasteiger partial charge in [0.05, 0.1) is 5.92 Å². The molecule has 0 bridgehead atoms. The van der Waals surface area contributed by atoms with Crippen LogP contribution in [0.2, 0.25) is 0 Å². The van der Waals surface area contributed by atoms with Crippen LogP contribution in [-0.2, 0) is 4.79 Å². The molecule has 98 valence electrons. The summed E-state index contributed by atoms with van der Waals surface area (Å²) in [6, 6.07) is 0.943. The van der Waals surface area contributed by atoms with Crippen LogP contribution in [0.1, 0.15) is 26.7 Å². The van der Waals surface area contributed by atoms with Gasteiger partial charge in [-0.1, -0.05) is 0 Å². The number of carbonyl (C=O) groups excluding carboxylic acids is 1. The predicted molar refractivity (Wildman–Crippen MR) is 68.9 cm³/mol. The molecule has 2 aliphatic heterocycles. The van der Waals surface area contributed by atoms with Crippen molar-refractivity contribution in [2.75, 3.05) is 33.2 Å². The van der Waals surface area contributed by atoms with Gasteiger partial charge in [0.15, 0.2) is 0 Å². The number of nitrogens with zero attached hydrogens (tertiary/aromatic N) is 2. The van der Waals surface area contributed by atoms with Gasteiger partial charge in [0.1, 0.15) is 0 Å². The van der Waals surface area contributed by atoms with Crippen LogP contribution < -0.4 is 5.32 Å². The van der Waals surface area contributed by atoms with Gasteiger partial charge in [0.25, 0.3) is 0 Å². The third kappa shape index (κ3) is 2.80. The van der Waals surface area contributed by atoms with Gasteiger partial charge in [-0.3, -0.25) is 9.69 Å². The maximum absolute atomic E-state index is 12.4. The fourth-order valence-electron chi connectivity index (χ4n) is 2.91. The van der Waals surface area contributed by atoms with E-state index in [4.69, 9.17) is 0 Å². The molecular weight excluding hydrogens is 214 g/mol. The van der Waals surface area contributed by atoms with Gasteiger partial charge in [-0.15, -0.1) is 0 Å². The normalized spacial score (nSPS) is 35.9. The number of piperidine rings is 1. The van der Waals surface area contributed by atoms with Crippen molar-refractivity contribution < 1.29 is 4.79 Å². The van der Waals surface area contributed by atoms with Crippen molar-refractivity contribution in [1.82, 2.24) is 15.1 Å². The van der Waals surface area contributed by atoms with Crippen molar-refractivity contribution in [2.24, 2.45) is 5.92 Å². The molecule has 2 fully saturated rings. The molecule has 3 unspecified atom stereocenters. The van der Waals surface area contributed by atoms with Crippen LogP contribution in [0.15, 0.2) is 0 Å². The zero-order chi connectivity index (χ0) is 12.4. The first kappa shape index (κ1) is 12.8. The highest BCUT2D eigenvalue weighted by molar-refractivity contribution is 5.79. The highest BCUT2D eigenvalue weighted by atomic mass is 16.2. The van der Waals surface area contributed by atoms with Crippen molar-refractivity contribution in [3.05, 3.63) is 0 Å². The van der Waals surface area contributed by atoms with E-state index in [0.29, 0.717) is 18.0 Å². The Bertz CT molecular complexity index is 264. The second kappa shape index (κ2) is 5.36. The number of carbonyl (C=O) groups is 1. The van der Waals surface area contributed by atoms with Crippen molar-refractivity contribution >= 4 is 5.91 Å². The minimum Gasteiger partial charge on any atom is -0.339 e. The van der Waals surface area contributed by atoms with Crippen LogP contribution in [-0.4, -0.2) is 61.0 Å². The van der Waals surface area contributed by atoms with Crippen LogP contribution in [0.5, 0.6) is 0 Å². The van der Waals surface area contributed by atoms with Crippen molar-refractivity contribution in [2.45, 2.75) is 38.8 Å². The topological polar surface area (TPSA) is 35.6 Å². The standard InChI is InChI=1S/C13H25N3O/c1-10-8-16(9-11(2)15(10)3)13(17)12-5-4-6-14-7-12/h10-12,14H,4-9H2,1-3H3. The lowest BCUT2D eigenvalue weighted by Gasteiger charge is -2.43. The van der Waals surface area contributed by atoms with Crippen LogP contribution in [0, 0.1) is 5.92 Å². The molecule has 17 heavy (non-hydrogen) atoms. The number of likely N-dealkylation sites (N-methyl/N-ethyl adjacent to an activating group) is 1. The van der Waals surface area contributed by atoms with E-state index in [1.165, 1.54) is 0 Å². The molecule has 2 heterocycles. The van der Waals surface area contributed by atoms with Gasteiger partial charge in [0.2, 0.25) is 5.91 Å². The van der Waals surface area contributed by atoms with E-state index in [-0.39, 0.29) is 5.92 Å². The van der Waals surface area contributed by atoms with Crippen molar-refractivity contribution in [1.29, 1.82) is 0 Å². The Morgan fingerprint density at radius 3 is 2.41 bits per heavy atom. The van der Waals surface area contributed by atoms with Crippen LogP contribution in [0.3, 0.4) is 0 Å². The Morgan fingerprint density at radius 2 is 1.88 bits per heavy atom. The van der Waals surface area contributed by atoms with E-state index < -0.39 is 0 Å². The van der Waals surface area contributed by atoms with E-state index in [1.54, 1.807) is 0 Å². The van der Waals surface area contributed by atoms with Gasteiger partial charge >= 0.3 is 0 Å². The van der Waals surface area contributed by atoms with Crippen LogP contribution in [0.4, 0.5) is 0 Å². The third-order valence-electron chi connectivity index (χ3n) is 4.32. The second-order valence-electron chi connectivity index (χ2n) is 5.65. The minimum absolute atomic E-state index is 0.214. The fraction of sp³-hybridized carbons (Fsp3) is 0.923. The average molecular weight is 239 g/mol. The fourth-order valence-corrected chi connectivity index (χ4v) is 2.91. The molecule has 2 saturated heterocycles. The first-order chi connectivity index (χ1) is 8.09. The Morgan fingerprint density at radius 1 is 1.24 bits per heavy atom. The van der Waals surface area contributed by atoms with Crippen LogP contribution in [0.25, 0.3) is 0 Å². The number of hydrogen-bond acceptors (Lipinski definition) is 3. The van der Waals surface area contributed by atoms with E-state index in [1.807, 2.05) is 0 Å². The van der Waals surface area contributed by atoms with Crippen LogP contribution >= 0.6 is 0 Å². The lowest BCUT2D eigenvalue weighted by atomic mass is 9.97. The van der Waals surface area contributed by atoms with Gasteiger partial charge in [0, 0.05) is 31.7 Å². The average Bonchev–Trinajstić information content (AvgIpc) is 2.35. The summed E-state index contributed by atoms with van der Waals surface area (Å²) in [6.07, 6.45) is 2.19. The number of amides is 1. The first-order valence-corrected chi connectivity index (χ1v) is 6.81. The molecule has 1 N–H and O–H groups in total. The molecule has 2 rings (SSSR count). The third-order valence-corrected chi connectivity index (χ3v) is 4.32. The zero-order valence-electron chi connectivity index (χ0n) is 11.3. The molecular formula is C13H25N3O. The molecule has 4 nitrogen and oxygen atoms in total. The van der Waals surface area contributed by atoms with Gasteiger partial charge in [-0.2, -0.15) is 0 Å². The quantitative estimate of drug-likeness (QED) is 0.725. The van der Waals surface area contributed by atoms with Gasteiger partial charge in [-0.05, 0) is 40.3 Å². The summed E-state index contributed by atoms with van der Waals surface area (Å²) >= 11 is 0. The van der Waals surface area contributed by atoms with E-state index in [2.05, 4.69) is 36.0 Å². The van der Waals surface area contributed by atoms with E-state index in [9.17, 15) is 4.79 Å². The smallest absolute Gasteiger partial charge is 0.227 e. The highest BCUT2D eigenvalue weighted by Crippen LogP contribution is 2.19. The number of piperazine rings is 1. The summed E-state index contributed by atoms with van der Waals surface area (Å²) in [5.41, 5.74) is 0. The molecule has 0 aromatic rings. The molecule has 0 radical (unpaired) electrons. The monoisotopic (exact) mass is 239 g/mol. The Balaban J connectivity index is 1.95. The van der Waals surface area contributed by atoms with Gasteiger partial charge < -0.3 is 10.2 Å². The maximum atomic E-state index is 12.4. The number of rotatable bonds is 1. The predicted octanol–water partition coefficient (Wildman–Crippen LogP) is 0.537. The summed E-state index contributed by atoms with van der Waals surface area (Å²) in [5.74, 6) is 0.579. The molecule has 0 spiro atoms. The molecule has 3 atom stereocenters. The summed E-state index contributed by atoms with van der Waals surface area (Å²) in [6.45, 7) is 8.11. The summed E-state index contributed by atoms with van der Waals surface area (Å²) in [5, 5.41) is 3.33. The molecule has 4 heteroatoms. The lowest BCUT2D eigenvalue weighted by molar-refractivity contribution is -0.140. The molecule has 0 aromatic heterocycles. The largest absolute Gasteiger partial charge is 0.339 e. The van der Waals surface area contributed by atoms with E-state index >= 15 is 0 Å². The Kier molecular flexibility index (Phi) is 4.05. The van der Waals surface area contributed by atoms with E-state index in [0.717, 1.165) is 39.0 Å². The summed E-state index contributed by atoms with van der Waals surface area (Å²) in [7, 11) is 2.15. The molecule has 0 aromatic carbocycles. The molecule has 2 aliphatic rings. The summed E-state index contributed by atoms with van der Waals surface area (Å²) < 4.78 is 0. The Hall–Kier alpha value is -0.610. The molecule has 0 aliphatic carbocycles. The van der Waals surface area contributed by atoms with Crippen molar-refractivity contribution in [3.8, 4) is 0 Å². The highest BCUT2D eigenvalue weighted by Gasteiger charge is 2.32. The SMILES string of the molecule is CC1CN(C(=O)C2CCCNC2)CC(C)N1C. The minimum atomic E-state index is 0.214.